The number of allylic oxidation sites excluding steroid dienone is 2. The number of ether oxygens (including phenoxy) is 1. The first-order valence-electron chi connectivity index (χ1n) is 21.6. The van der Waals surface area contributed by atoms with E-state index in [1.807, 2.05) is 32.0 Å². The lowest BCUT2D eigenvalue weighted by Gasteiger charge is -2.38. The standard InChI is InChI=1S/C44H54F2N12O5/c1-44(2)27-56(22-23-63-44)35-15-17-57-40(51-35)31(24-49-57)41(60)50-32(37(47)39(45)46)25-48-30-11-9-28(10-12-30)26-55-20-18-54(19-21-55)16-5-7-29-6-4-8-33-38(29)53(3)43(62)58(33)34-13-14-36(59)52-42(34)61/h4,6,8,15,17,24-25,28,30,34,39H,9-14,16,18-23,26-27,47H2,1-3H3,(H,50,60)(H,52,59,61)/b37-32+,48-25?. The molecule has 334 valence electrons. The molecule has 1 aromatic carbocycles. The van der Waals surface area contributed by atoms with Gasteiger partial charge in [-0.25, -0.2) is 23.1 Å². The number of rotatable bonds is 10. The largest absolute Gasteiger partial charge is 0.396 e. The van der Waals surface area contributed by atoms with Gasteiger partial charge >= 0.3 is 5.69 Å². The number of piperidine rings is 1. The van der Waals surface area contributed by atoms with Gasteiger partial charge in [-0.3, -0.25) is 38.7 Å². The Morgan fingerprint density at radius 2 is 1.84 bits per heavy atom. The van der Waals surface area contributed by atoms with Crippen molar-refractivity contribution in [2.75, 3.05) is 63.9 Å². The van der Waals surface area contributed by atoms with Crippen LogP contribution in [-0.2, 0) is 21.4 Å². The Labute approximate surface area is 363 Å². The third kappa shape index (κ3) is 9.67. The first-order valence-corrected chi connectivity index (χ1v) is 21.6. The molecule has 3 aliphatic heterocycles. The fourth-order valence-electron chi connectivity index (χ4n) is 9.06. The number of alkyl halides is 2. The number of hydrogen-bond acceptors (Lipinski definition) is 12. The van der Waals surface area contributed by atoms with Crippen LogP contribution in [0, 0.1) is 17.8 Å². The van der Waals surface area contributed by atoms with Gasteiger partial charge in [0.2, 0.25) is 11.8 Å². The summed E-state index contributed by atoms with van der Waals surface area (Å²) in [4.78, 5) is 67.3. The fraction of sp³-hybridized carbons (Fsp3) is 0.523. The van der Waals surface area contributed by atoms with Crippen LogP contribution in [0.15, 0.2) is 57.8 Å². The third-order valence-electron chi connectivity index (χ3n) is 12.5. The number of piperazine rings is 1. The molecule has 1 atom stereocenters. The van der Waals surface area contributed by atoms with E-state index in [-0.39, 0.29) is 53.0 Å². The van der Waals surface area contributed by atoms with E-state index in [2.05, 4.69) is 47.3 Å². The first-order chi connectivity index (χ1) is 30.2. The molecule has 4 aliphatic rings. The average molecular weight is 869 g/mol. The topological polar surface area (TPSA) is 190 Å². The fourth-order valence-corrected chi connectivity index (χ4v) is 9.06. The highest BCUT2D eigenvalue weighted by Gasteiger charge is 2.32. The Hall–Kier alpha value is -5.97. The number of para-hydroxylation sites is 1. The summed E-state index contributed by atoms with van der Waals surface area (Å²) in [6.07, 6.45) is 5.26. The number of benzene rings is 1. The maximum absolute atomic E-state index is 13.9. The van der Waals surface area contributed by atoms with Gasteiger partial charge in [0.1, 0.15) is 23.1 Å². The van der Waals surface area contributed by atoms with E-state index in [4.69, 9.17) is 15.5 Å². The Kier molecular flexibility index (Phi) is 12.8. The number of hydrogen-bond donors (Lipinski definition) is 3. The van der Waals surface area contributed by atoms with Crippen LogP contribution in [0.2, 0.25) is 0 Å². The molecule has 4 N–H and O–H groups in total. The van der Waals surface area contributed by atoms with Gasteiger partial charge < -0.3 is 25.6 Å². The van der Waals surface area contributed by atoms with E-state index >= 15 is 0 Å². The molecule has 63 heavy (non-hydrogen) atoms. The number of anilines is 1. The Balaban J connectivity index is 0.818. The molecule has 3 aromatic heterocycles. The molecule has 3 saturated heterocycles. The van der Waals surface area contributed by atoms with Crippen molar-refractivity contribution in [2.45, 2.75) is 76.5 Å². The molecule has 0 bridgehead atoms. The number of carbonyl (C=O) groups excluding carboxylic acids is 3. The summed E-state index contributed by atoms with van der Waals surface area (Å²) < 4.78 is 38.1. The number of nitrogens with two attached hydrogens (primary N) is 1. The average Bonchev–Trinajstić information content (AvgIpc) is 3.80. The maximum Gasteiger partial charge on any atom is 0.329 e. The maximum atomic E-state index is 13.9. The molecule has 3 amide bonds. The number of aliphatic imine (C=N–C) groups is 1. The number of halogens is 2. The normalized spacial score (nSPS) is 23.0. The van der Waals surface area contributed by atoms with Crippen molar-refractivity contribution in [3.63, 3.8) is 0 Å². The molecule has 8 rings (SSSR count). The van der Waals surface area contributed by atoms with Gasteiger partial charge in [-0.15, -0.1) is 0 Å². The lowest BCUT2D eigenvalue weighted by atomic mass is 9.86. The molecule has 17 nitrogen and oxygen atoms in total. The molecule has 4 aromatic rings. The number of imidazole rings is 1. The number of nitrogens with one attached hydrogen (secondary N) is 2. The van der Waals surface area contributed by atoms with Crippen molar-refractivity contribution in [1.29, 1.82) is 0 Å². The van der Waals surface area contributed by atoms with Crippen molar-refractivity contribution in [2.24, 2.45) is 23.7 Å². The summed E-state index contributed by atoms with van der Waals surface area (Å²) in [6.45, 7) is 10.9. The highest BCUT2D eigenvalue weighted by atomic mass is 19.3. The van der Waals surface area contributed by atoms with Crippen LogP contribution < -0.4 is 27.0 Å². The number of fused-ring (bicyclic) bond motifs is 2. The molecule has 4 fully saturated rings. The number of nitrogens with zero attached hydrogens (tertiary/aromatic N) is 9. The zero-order valence-corrected chi connectivity index (χ0v) is 35.9. The summed E-state index contributed by atoms with van der Waals surface area (Å²) in [7, 11) is 1.67. The van der Waals surface area contributed by atoms with Crippen molar-refractivity contribution in [3.8, 4) is 11.8 Å². The van der Waals surface area contributed by atoms with Crippen LogP contribution in [0.4, 0.5) is 14.6 Å². The summed E-state index contributed by atoms with van der Waals surface area (Å²) in [5.41, 5.74) is 6.50. The molecule has 0 radical (unpaired) electrons. The van der Waals surface area contributed by atoms with Crippen LogP contribution in [0.1, 0.15) is 74.3 Å². The molecule has 19 heteroatoms. The minimum Gasteiger partial charge on any atom is -0.396 e. The monoisotopic (exact) mass is 868 g/mol. The second-order valence-electron chi connectivity index (χ2n) is 17.4. The zero-order valence-electron chi connectivity index (χ0n) is 35.9. The van der Waals surface area contributed by atoms with Crippen LogP contribution in [0.25, 0.3) is 16.7 Å². The Bertz CT molecular complexity index is 2570. The number of morpholine rings is 1. The molecular weight excluding hydrogens is 815 g/mol. The van der Waals surface area contributed by atoms with Crippen LogP contribution in [0.3, 0.4) is 0 Å². The highest BCUT2D eigenvalue weighted by molar-refractivity contribution is 6.03. The Morgan fingerprint density at radius 1 is 1.08 bits per heavy atom. The number of carbonyl (C=O) groups is 3. The van der Waals surface area contributed by atoms with E-state index in [1.165, 1.54) is 26.1 Å². The minimum absolute atomic E-state index is 0.0859. The summed E-state index contributed by atoms with van der Waals surface area (Å²) in [5, 5.41) is 9.16. The lowest BCUT2D eigenvalue weighted by molar-refractivity contribution is -0.135. The van der Waals surface area contributed by atoms with E-state index in [1.54, 1.807) is 19.3 Å². The number of aromatic nitrogens is 5. The zero-order chi connectivity index (χ0) is 44.4. The van der Waals surface area contributed by atoms with E-state index in [0.29, 0.717) is 54.6 Å². The second-order valence-corrected chi connectivity index (χ2v) is 17.4. The van der Waals surface area contributed by atoms with Gasteiger partial charge in [-0.1, -0.05) is 17.9 Å². The van der Waals surface area contributed by atoms with E-state index in [0.717, 1.165) is 58.4 Å². The molecular formula is C44H54F2N12O5. The smallest absolute Gasteiger partial charge is 0.329 e. The van der Waals surface area contributed by atoms with Gasteiger partial charge in [0.15, 0.2) is 5.65 Å². The van der Waals surface area contributed by atoms with Crippen molar-refractivity contribution in [3.05, 3.63) is 69.7 Å². The van der Waals surface area contributed by atoms with Crippen LogP contribution >= 0.6 is 0 Å². The van der Waals surface area contributed by atoms with Crippen LogP contribution in [-0.4, -0.2) is 135 Å². The highest BCUT2D eigenvalue weighted by Crippen LogP contribution is 2.29. The molecule has 1 aliphatic carbocycles. The number of amides is 3. The van der Waals surface area contributed by atoms with Gasteiger partial charge in [0.25, 0.3) is 12.3 Å². The summed E-state index contributed by atoms with van der Waals surface area (Å²) in [6, 6.07) is 6.48. The van der Waals surface area contributed by atoms with E-state index in [9.17, 15) is 28.0 Å². The van der Waals surface area contributed by atoms with Gasteiger partial charge in [-0.2, -0.15) is 5.10 Å². The van der Waals surface area contributed by atoms with Crippen LogP contribution in [0.5, 0.6) is 0 Å². The van der Waals surface area contributed by atoms with Gasteiger partial charge in [0.05, 0.1) is 53.3 Å². The third-order valence-corrected chi connectivity index (χ3v) is 12.5. The molecule has 0 spiro atoms. The Morgan fingerprint density at radius 3 is 2.57 bits per heavy atom. The van der Waals surface area contributed by atoms with Crippen molar-refractivity contribution in [1.82, 2.24) is 44.2 Å². The summed E-state index contributed by atoms with van der Waals surface area (Å²) >= 11 is 0. The lowest BCUT2D eigenvalue weighted by Crippen LogP contribution is -2.48. The van der Waals surface area contributed by atoms with Crippen molar-refractivity contribution >= 4 is 46.4 Å². The molecule has 1 saturated carbocycles. The van der Waals surface area contributed by atoms with Crippen molar-refractivity contribution < 1.29 is 27.9 Å². The van der Waals surface area contributed by atoms with E-state index < -0.39 is 30.0 Å². The predicted molar refractivity (Wildman–Crippen MR) is 233 cm³/mol. The number of aryl methyl sites for hydroxylation is 1. The van der Waals surface area contributed by atoms with Gasteiger partial charge in [0, 0.05) is 71.7 Å². The minimum atomic E-state index is -2.99. The quantitative estimate of drug-likeness (QED) is 0.121. The number of imide groups is 1. The van der Waals surface area contributed by atoms with Gasteiger partial charge in [-0.05, 0) is 70.1 Å². The summed E-state index contributed by atoms with van der Waals surface area (Å²) in [5.74, 6) is 6.23. The molecule has 6 heterocycles. The predicted octanol–water partition coefficient (Wildman–Crippen LogP) is 2.44. The molecule has 1 unspecified atom stereocenters. The SMILES string of the molecule is Cn1c(=O)n(C2CCC(=O)NC2=O)c2cccc(C#CCN3CCN(CC4CCC(N=C/C(NC(=O)c5cnn6ccc(N7CCOC(C)(C)C7)nc56)=C(\N)C(F)F)CC4)CC3)c21. The first kappa shape index (κ1) is 43.7. The second kappa shape index (κ2) is 18.4.